The predicted molar refractivity (Wildman–Crippen MR) is 62.9 cm³/mol. The molecule has 1 unspecified atom stereocenters. The molecular formula is C11H18N4O2. The minimum absolute atomic E-state index is 0.0205. The number of carbonyl (C=O) groups excluding carboxylic acids is 1. The van der Waals surface area contributed by atoms with Gasteiger partial charge in [-0.25, -0.2) is 0 Å². The molecule has 0 saturated carbocycles. The third-order valence-corrected chi connectivity index (χ3v) is 3.04. The van der Waals surface area contributed by atoms with E-state index in [1.807, 2.05) is 6.92 Å². The molecule has 0 spiro atoms. The molecule has 6 heteroatoms. The monoisotopic (exact) mass is 238 g/mol. The zero-order valence-electron chi connectivity index (χ0n) is 10.4. The molecule has 1 aliphatic heterocycles. The zero-order valence-corrected chi connectivity index (χ0v) is 10.4. The van der Waals surface area contributed by atoms with Gasteiger partial charge in [0.2, 0.25) is 0 Å². The summed E-state index contributed by atoms with van der Waals surface area (Å²) in [6.07, 6.45) is 1.77. The average Bonchev–Trinajstić information content (AvgIpc) is 2.84. The van der Waals surface area contributed by atoms with Crippen molar-refractivity contribution in [3.05, 3.63) is 17.5 Å². The number of rotatable bonds is 3. The van der Waals surface area contributed by atoms with Crippen LogP contribution in [0.4, 0.5) is 0 Å². The summed E-state index contributed by atoms with van der Waals surface area (Å²) in [6, 6.07) is 0.0205. The molecule has 1 aromatic heterocycles. The maximum atomic E-state index is 12.0. The lowest BCUT2D eigenvalue weighted by Gasteiger charge is -2.18. The van der Waals surface area contributed by atoms with Crippen LogP contribution >= 0.6 is 0 Å². The summed E-state index contributed by atoms with van der Waals surface area (Å²) >= 11 is 0. The van der Waals surface area contributed by atoms with E-state index in [0.717, 1.165) is 18.8 Å². The van der Waals surface area contributed by atoms with Crippen molar-refractivity contribution in [2.24, 2.45) is 7.05 Å². The lowest BCUT2D eigenvalue weighted by molar-refractivity contribution is 0.0779. The molecular weight excluding hydrogens is 220 g/mol. The van der Waals surface area contributed by atoms with Crippen LogP contribution in [0, 0.1) is 6.92 Å². The number of nitrogens with one attached hydrogen (secondary N) is 2. The van der Waals surface area contributed by atoms with Gasteiger partial charge < -0.3 is 15.4 Å². The normalized spacial score (nSPS) is 23.9. The van der Waals surface area contributed by atoms with E-state index in [-0.39, 0.29) is 18.1 Å². The molecule has 1 aromatic rings. The van der Waals surface area contributed by atoms with E-state index in [4.69, 9.17) is 4.74 Å². The first-order valence-electron chi connectivity index (χ1n) is 5.66. The fourth-order valence-corrected chi connectivity index (χ4v) is 2.12. The lowest BCUT2D eigenvalue weighted by Crippen LogP contribution is -2.43. The number of aryl methyl sites for hydroxylation is 2. The van der Waals surface area contributed by atoms with Crippen LogP contribution in [-0.2, 0) is 11.8 Å². The van der Waals surface area contributed by atoms with Crippen LogP contribution in [0.25, 0.3) is 0 Å². The van der Waals surface area contributed by atoms with Crippen molar-refractivity contribution >= 4 is 5.91 Å². The molecule has 2 atom stereocenters. The fraction of sp³-hybridized carbons (Fsp3) is 0.636. The molecule has 1 fully saturated rings. The fourth-order valence-electron chi connectivity index (χ4n) is 2.12. The largest absolute Gasteiger partial charge is 0.378 e. The van der Waals surface area contributed by atoms with Crippen molar-refractivity contribution in [1.82, 2.24) is 20.4 Å². The van der Waals surface area contributed by atoms with Gasteiger partial charge in [0.1, 0.15) is 0 Å². The maximum Gasteiger partial charge on any atom is 0.255 e. The summed E-state index contributed by atoms with van der Waals surface area (Å²) in [5.41, 5.74) is 1.36. The van der Waals surface area contributed by atoms with Crippen molar-refractivity contribution in [2.45, 2.75) is 19.1 Å². The highest BCUT2D eigenvalue weighted by Gasteiger charge is 2.29. The number of amides is 1. The molecule has 2 N–H and O–H groups in total. The second kappa shape index (κ2) is 4.85. The van der Waals surface area contributed by atoms with Crippen molar-refractivity contribution < 1.29 is 9.53 Å². The minimum atomic E-state index is -0.0913. The molecule has 0 aliphatic carbocycles. The van der Waals surface area contributed by atoms with E-state index in [0.29, 0.717) is 5.56 Å². The molecule has 0 aromatic carbocycles. The maximum absolute atomic E-state index is 12.0. The van der Waals surface area contributed by atoms with Crippen LogP contribution in [0.5, 0.6) is 0 Å². The average molecular weight is 238 g/mol. The van der Waals surface area contributed by atoms with Crippen LogP contribution in [0.15, 0.2) is 6.20 Å². The number of hydrogen-bond donors (Lipinski definition) is 2. The Morgan fingerprint density at radius 3 is 3.00 bits per heavy atom. The van der Waals surface area contributed by atoms with Gasteiger partial charge in [-0.15, -0.1) is 0 Å². The zero-order chi connectivity index (χ0) is 12.4. The summed E-state index contributed by atoms with van der Waals surface area (Å²) in [6.45, 7) is 3.34. The Morgan fingerprint density at radius 2 is 2.41 bits per heavy atom. The molecule has 2 rings (SSSR count). The molecule has 1 aliphatic rings. The topological polar surface area (TPSA) is 68.2 Å². The van der Waals surface area contributed by atoms with Crippen LogP contribution in [0.1, 0.15) is 16.1 Å². The van der Waals surface area contributed by atoms with Crippen molar-refractivity contribution in [1.29, 1.82) is 0 Å². The van der Waals surface area contributed by atoms with E-state index in [1.54, 1.807) is 25.0 Å². The highest BCUT2D eigenvalue weighted by Crippen LogP contribution is 2.08. The van der Waals surface area contributed by atoms with Gasteiger partial charge in [0.25, 0.3) is 5.91 Å². The van der Waals surface area contributed by atoms with Crippen LogP contribution in [0.3, 0.4) is 0 Å². The van der Waals surface area contributed by atoms with Crippen molar-refractivity contribution in [2.75, 3.05) is 20.2 Å². The first-order valence-corrected chi connectivity index (χ1v) is 5.66. The Labute approximate surface area is 100 Å². The molecule has 94 valence electrons. The Kier molecular flexibility index (Phi) is 3.44. The third-order valence-electron chi connectivity index (χ3n) is 3.04. The molecule has 1 saturated heterocycles. The highest BCUT2D eigenvalue weighted by atomic mass is 16.5. The molecule has 2 heterocycles. The number of nitrogens with zero attached hydrogens (tertiary/aromatic N) is 2. The Hall–Kier alpha value is -1.40. The second-order valence-electron chi connectivity index (χ2n) is 4.31. The number of aromatic nitrogens is 2. The van der Waals surface area contributed by atoms with Crippen LogP contribution in [-0.4, -0.2) is 48.0 Å². The smallest absolute Gasteiger partial charge is 0.255 e. The van der Waals surface area contributed by atoms with Gasteiger partial charge >= 0.3 is 0 Å². The van der Waals surface area contributed by atoms with E-state index >= 15 is 0 Å². The SMILES string of the molecule is CO[C@H]1CNCC1NC(=O)c1cn(C)nc1C. The first kappa shape index (κ1) is 12.1. The highest BCUT2D eigenvalue weighted by molar-refractivity contribution is 5.95. The molecule has 17 heavy (non-hydrogen) atoms. The summed E-state index contributed by atoms with van der Waals surface area (Å²) in [5, 5.41) is 10.3. The summed E-state index contributed by atoms with van der Waals surface area (Å²) in [7, 11) is 3.46. The quantitative estimate of drug-likeness (QED) is 0.741. The molecule has 1 amide bonds. The first-order chi connectivity index (χ1) is 8.11. The van der Waals surface area contributed by atoms with E-state index < -0.39 is 0 Å². The van der Waals surface area contributed by atoms with E-state index in [9.17, 15) is 4.79 Å². The minimum Gasteiger partial charge on any atom is -0.378 e. The molecule has 0 radical (unpaired) electrons. The lowest BCUT2D eigenvalue weighted by atomic mass is 10.2. The third kappa shape index (κ3) is 2.48. The Balaban J connectivity index is 2.04. The summed E-state index contributed by atoms with van der Waals surface area (Å²) < 4.78 is 6.94. The van der Waals surface area contributed by atoms with E-state index in [1.165, 1.54) is 0 Å². The Morgan fingerprint density at radius 1 is 1.65 bits per heavy atom. The van der Waals surface area contributed by atoms with Gasteiger partial charge in [0.05, 0.1) is 23.4 Å². The van der Waals surface area contributed by atoms with Gasteiger partial charge in [0.15, 0.2) is 0 Å². The van der Waals surface area contributed by atoms with Gasteiger partial charge in [-0.2, -0.15) is 5.10 Å². The standard InChI is InChI=1S/C11H18N4O2/c1-7-8(6-15(2)14-7)11(16)13-9-4-12-5-10(9)17-3/h6,9-10,12H,4-5H2,1-3H3,(H,13,16)/t9?,10-/m0/s1. The van der Waals surface area contributed by atoms with Gasteiger partial charge in [0, 0.05) is 33.4 Å². The number of methoxy groups -OCH3 is 1. The molecule has 0 bridgehead atoms. The second-order valence-corrected chi connectivity index (χ2v) is 4.31. The summed E-state index contributed by atoms with van der Waals surface area (Å²) in [5.74, 6) is -0.0913. The van der Waals surface area contributed by atoms with Gasteiger partial charge in [-0.1, -0.05) is 0 Å². The molecule has 6 nitrogen and oxygen atoms in total. The Bertz CT molecular complexity index is 416. The summed E-state index contributed by atoms with van der Waals surface area (Å²) in [4.78, 5) is 12.0. The van der Waals surface area contributed by atoms with E-state index in [2.05, 4.69) is 15.7 Å². The predicted octanol–water partition coefficient (Wildman–Crippen LogP) is -0.555. The van der Waals surface area contributed by atoms with Crippen LogP contribution < -0.4 is 10.6 Å². The number of hydrogen-bond acceptors (Lipinski definition) is 4. The van der Waals surface area contributed by atoms with Gasteiger partial charge in [-0.05, 0) is 6.92 Å². The van der Waals surface area contributed by atoms with Crippen molar-refractivity contribution in [3.63, 3.8) is 0 Å². The number of carbonyl (C=O) groups is 1. The van der Waals surface area contributed by atoms with Crippen molar-refractivity contribution in [3.8, 4) is 0 Å². The van der Waals surface area contributed by atoms with Gasteiger partial charge in [-0.3, -0.25) is 9.48 Å². The number of ether oxygens (including phenoxy) is 1. The van der Waals surface area contributed by atoms with Crippen LogP contribution in [0.2, 0.25) is 0 Å².